The topological polar surface area (TPSA) is 46.3 Å². The minimum Gasteiger partial charge on any atom is -0.397 e. The van der Waals surface area contributed by atoms with Gasteiger partial charge in [-0.3, -0.25) is 4.79 Å². The average molecular weight is 284 g/mol. The molecule has 0 saturated heterocycles. The van der Waals surface area contributed by atoms with Gasteiger partial charge in [-0.1, -0.05) is 12.1 Å². The van der Waals surface area contributed by atoms with Crippen molar-refractivity contribution in [3.63, 3.8) is 0 Å². The first-order valence-electron chi connectivity index (χ1n) is 8.20. The third-order valence-electron chi connectivity index (χ3n) is 6.09. The highest BCUT2D eigenvalue weighted by molar-refractivity contribution is 5.99. The Kier molecular flexibility index (Phi) is 2.82. The van der Waals surface area contributed by atoms with Gasteiger partial charge in [-0.25, -0.2) is 0 Å². The van der Waals surface area contributed by atoms with E-state index in [-0.39, 0.29) is 5.41 Å². The Bertz CT molecular complexity index is 545. The van der Waals surface area contributed by atoms with Crippen molar-refractivity contribution in [3.05, 3.63) is 24.3 Å². The van der Waals surface area contributed by atoms with Gasteiger partial charge in [0.05, 0.1) is 16.8 Å². The van der Waals surface area contributed by atoms with Crippen LogP contribution in [-0.2, 0) is 4.79 Å². The SMILES string of the molecule is CN(C(=O)C12CC3CC(CC(C3)C1)C2)c1ccccc1N. The van der Waals surface area contributed by atoms with E-state index >= 15 is 0 Å². The van der Waals surface area contributed by atoms with E-state index in [1.54, 1.807) is 0 Å². The van der Waals surface area contributed by atoms with Gasteiger partial charge in [-0.15, -0.1) is 0 Å². The molecule has 4 bridgehead atoms. The molecule has 0 heterocycles. The lowest BCUT2D eigenvalue weighted by Crippen LogP contribution is -2.54. The van der Waals surface area contributed by atoms with E-state index in [0.717, 1.165) is 42.7 Å². The van der Waals surface area contributed by atoms with Crippen molar-refractivity contribution in [2.75, 3.05) is 17.7 Å². The summed E-state index contributed by atoms with van der Waals surface area (Å²) in [7, 11) is 1.90. The Hall–Kier alpha value is -1.51. The molecule has 3 nitrogen and oxygen atoms in total. The molecule has 0 aromatic heterocycles. The van der Waals surface area contributed by atoms with Crippen LogP contribution in [0.2, 0.25) is 0 Å². The van der Waals surface area contributed by atoms with E-state index in [2.05, 4.69) is 0 Å². The number of para-hydroxylation sites is 2. The number of nitrogen functional groups attached to an aromatic ring is 1. The number of rotatable bonds is 2. The Morgan fingerprint density at radius 1 is 1.10 bits per heavy atom. The molecule has 0 spiro atoms. The van der Waals surface area contributed by atoms with E-state index in [4.69, 9.17) is 5.73 Å². The van der Waals surface area contributed by atoms with Crippen molar-refractivity contribution >= 4 is 17.3 Å². The summed E-state index contributed by atoms with van der Waals surface area (Å²) in [5, 5.41) is 0. The summed E-state index contributed by atoms with van der Waals surface area (Å²) in [4.78, 5) is 15.0. The molecule has 4 saturated carbocycles. The van der Waals surface area contributed by atoms with Crippen LogP contribution < -0.4 is 10.6 Å². The van der Waals surface area contributed by atoms with Crippen LogP contribution in [0.15, 0.2) is 24.3 Å². The fourth-order valence-corrected chi connectivity index (χ4v) is 5.63. The van der Waals surface area contributed by atoms with Gasteiger partial charge in [-0.2, -0.15) is 0 Å². The lowest BCUT2D eigenvalue weighted by atomic mass is 9.49. The fraction of sp³-hybridized carbons (Fsp3) is 0.611. The van der Waals surface area contributed by atoms with E-state index in [1.165, 1.54) is 19.3 Å². The lowest BCUT2D eigenvalue weighted by molar-refractivity contribution is -0.143. The normalized spacial score (nSPS) is 36.7. The lowest BCUT2D eigenvalue weighted by Gasteiger charge is -2.56. The number of nitrogens with two attached hydrogens (primary N) is 1. The Morgan fingerprint density at radius 3 is 2.14 bits per heavy atom. The van der Waals surface area contributed by atoms with Gasteiger partial charge in [0, 0.05) is 7.05 Å². The molecule has 2 N–H and O–H groups in total. The zero-order chi connectivity index (χ0) is 14.6. The third-order valence-corrected chi connectivity index (χ3v) is 6.09. The van der Waals surface area contributed by atoms with Crippen LogP contribution in [0, 0.1) is 23.2 Å². The van der Waals surface area contributed by atoms with Crippen LogP contribution in [0.1, 0.15) is 38.5 Å². The second-order valence-electron chi connectivity index (χ2n) is 7.62. The molecule has 0 aliphatic heterocycles. The molecule has 21 heavy (non-hydrogen) atoms. The quantitative estimate of drug-likeness (QED) is 0.846. The summed E-state index contributed by atoms with van der Waals surface area (Å²) < 4.78 is 0. The van der Waals surface area contributed by atoms with Crippen LogP contribution in [0.25, 0.3) is 0 Å². The summed E-state index contributed by atoms with van der Waals surface area (Å²) in [6.07, 6.45) is 7.41. The molecule has 5 rings (SSSR count). The van der Waals surface area contributed by atoms with Crippen molar-refractivity contribution in [1.82, 2.24) is 0 Å². The zero-order valence-electron chi connectivity index (χ0n) is 12.7. The summed E-state index contributed by atoms with van der Waals surface area (Å²) in [6.45, 7) is 0. The molecule has 1 aromatic rings. The highest BCUT2D eigenvalue weighted by Gasteiger charge is 2.55. The van der Waals surface area contributed by atoms with Crippen LogP contribution >= 0.6 is 0 Å². The zero-order valence-corrected chi connectivity index (χ0v) is 12.7. The summed E-state index contributed by atoms with van der Waals surface area (Å²) in [6, 6.07) is 7.70. The van der Waals surface area contributed by atoms with Crippen molar-refractivity contribution in [2.45, 2.75) is 38.5 Å². The van der Waals surface area contributed by atoms with Crippen LogP contribution in [0.5, 0.6) is 0 Å². The maximum Gasteiger partial charge on any atom is 0.233 e. The van der Waals surface area contributed by atoms with Gasteiger partial charge in [0.2, 0.25) is 5.91 Å². The number of carbonyl (C=O) groups is 1. The van der Waals surface area contributed by atoms with Crippen molar-refractivity contribution in [1.29, 1.82) is 0 Å². The predicted molar refractivity (Wildman–Crippen MR) is 84.9 cm³/mol. The molecule has 1 aromatic carbocycles. The molecule has 3 heteroatoms. The molecule has 4 fully saturated rings. The third kappa shape index (κ3) is 1.97. The van der Waals surface area contributed by atoms with Crippen LogP contribution in [0.4, 0.5) is 11.4 Å². The number of amides is 1. The molecule has 4 aliphatic carbocycles. The smallest absolute Gasteiger partial charge is 0.233 e. The number of carbonyl (C=O) groups excluding carboxylic acids is 1. The predicted octanol–water partition coefficient (Wildman–Crippen LogP) is 3.45. The van der Waals surface area contributed by atoms with Crippen molar-refractivity contribution < 1.29 is 4.79 Å². The number of hydrogen-bond acceptors (Lipinski definition) is 2. The summed E-state index contributed by atoms with van der Waals surface area (Å²) in [5.41, 5.74) is 7.52. The van der Waals surface area contributed by atoms with Crippen LogP contribution in [0.3, 0.4) is 0 Å². The molecular weight excluding hydrogens is 260 g/mol. The molecule has 112 valence electrons. The van der Waals surface area contributed by atoms with Gasteiger partial charge in [-0.05, 0) is 68.4 Å². The second-order valence-corrected chi connectivity index (χ2v) is 7.62. The second kappa shape index (κ2) is 4.49. The Balaban J connectivity index is 1.64. The number of hydrogen-bond donors (Lipinski definition) is 1. The van der Waals surface area contributed by atoms with E-state index in [1.807, 2.05) is 36.2 Å². The van der Waals surface area contributed by atoms with Gasteiger partial charge in [0.1, 0.15) is 0 Å². The van der Waals surface area contributed by atoms with E-state index in [0.29, 0.717) is 11.6 Å². The highest BCUT2D eigenvalue weighted by atomic mass is 16.2. The van der Waals surface area contributed by atoms with Gasteiger partial charge in [0.15, 0.2) is 0 Å². The molecule has 1 amide bonds. The standard InChI is InChI=1S/C18H24N2O/c1-20(16-5-3-2-4-15(16)19)17(21)18-9-12-6-13(10-18)8-14(7-12)11-18/h2-5,12-14H,6-11,19H2,1H3. The van der Waals surface area contributed by atoms with Gasteiger partial charge >= 0.3 is 0 Å². The number of anilines is 2. The maximum absolute atomic E-state index is 13.2. The van der Waals surface area contributed by atoms with E-state index in [9.17, 15) is 4.79 Å². The first kappa shape index (κ1) is 13.2. The summed E-state index contributed by atoms with van der Waals surface area (Å²) >= 11 is 0. The number of nitrogens with zero attached hydrogens (tertiary/aromatic N) is 1. The summed E-state index contributed by atoms with van der Waals surface area (Å²) in [5.74, 6) is 2.68. The maximum atomic E-state index is 13.2. The van der Waals surface area contributed by atoms with Crippen molar-refractivity contribution in [3.8, 4) is 0 Å². The molecule has 4 aliphatic rings. The van der Waals surface area contributed by atoms with E-state index < -0.39 is 0 Å². The average Bonchev–Trinajstić information content (AvgIpc) is 2.45. The van der Waals surface area contributed by atoms with Gasteiger partial charge < -0.3 is 10.6 Å². The molecule has 0 atom stereocenters. The van der Waals surface area contributed by atoms with Crippen molar-refractivity contribution in [2.24, 2.45) is 23.2 Å². The Labute approximate surface area is 126 Å². The molecule has 0 unspecified atom stereocenters. The first-order chi connectivity index (χ1) is 10.1. The number of benzene rings is 1. The van der Waals surface area contributed by atoms with Crippen LogP contribution in [-0.4, -0.2) is 13.0 Å². The fourth-order valence-electron chi connectivity index (χ4n) is 5.63. The molecular formula is C18H24N2O. The highest BCUT2D eigenvalue weighted by Crippen LogP contribution is 2.60. The first-order valence-corrected chi connectivity index (χ1v) is 8.20. The Morgan fingerprint density at radius 2 is 1.62 bits per heavy atom. The van der Waals surface area contributed by atoms with Gasteiger partial charge in [0.25, 0.3) is 0 Å². The molecule has 0 radical (unpaired) electrons. The monoisotopic (exact) mass is 284 g/mol. The largest absolute Gasteiger partial charge is 0.397 e. The minimum atomic E-state index is -0.0915. The minimum absolute atomic E-state index is 0.0915.